The quantitative estimate of drug-likeness (QED) is 0.569. The highest BCUT2D eigenvalue weighted by Crippen LogP contribution is 2.08. The molecule has 0 fully saturated rings. The van der Waals surface area contributed by atoms with E-state index in [2.05, 4.69) is 15.6 Å². The average molecular weight is 252 g/mol. The lowest BCUT2D eigenvalue weighted by molar-refractivity contribution is 0.0951. The van der Waals surface area contributed by atoms with Crippen molar-refractivity contribution in [3.63, 3.8) is 0 Å². The number of amides is 1. The molecular formula is C12H20N4O2. The molecule has 1 aromatic heterocycles. The van der Waals surface area contributed by atoms with Gasteiger partial charge in [-0.1, -0.05) is 0 Å². The van der Waals surface area contributed by atoms with Gasteiger partial charge in [-0.3, -0.25) is 9.78 Å². The van der Waals surface area contributed by atoms with E-state index in [1.807, 2.05) is 6.92 Å². The summed E-state index contributed by atoms with van der Waals surface area (Å²) in [6.07, 6.45) is 0.975. The average Bonchev–Trinajstić information content (AvgIpc) is 2.36. The highest BCUT2D eigenvalue weighted by molar-refractivity contribution is 5.93. The first-order valence-electron chi connectivity index (χ1n) is 5.96. The molecule has 1 aromatic rings. The van der Waals surface area contributed by atoms with Gasteiger partial charge in [0, 0.05) is 31.0 Å². The van der Waals surface area contributed by atoms with Crippen LogP contribution in [0.4, 0.5) is 5.69 Å². The Morgan fingerprint density at radius 2 is 2.33 bits per heavy atom. The summed E-state index contributed by atoms with van der Waals surface area (Å²) in [5.74, 6) is -0.207. The van der Waals surface area contributed by atoms with Crippen LogP contribution < -0.4 is 16.4 Å². The molecule has 1 rings (SSSR count). The number of pyridine rings is 1. The smallest absolute Gasteiger partial charge is 0.269 e. The van der Waals surface area contributed by atoms with Crippen molar-refractivity contribution in [2.75, 3.05) is 18.4 Å². The summed E-state index contributed by atoms with van der Waals surface area (Å²) in [6, 6.07) is 3.04. The van der Waals surface area contributed by atoms with Gasteiger partial charge in [0.2, 0.25) is 0 Å². The van der Waals surface area contributed by atoms with Gasteiger partial charge in [0.1, 0.15) is 5.69 Å². The minimum Gasteiger partial charge on any atom is -0.392 e. The zero-order valence-corrected chi connectivity index (χ0v) is 10.7. The Morgan fingerprint density at radius 3 is 2.94 bits per heavy atom. The topological polar surface area (TPSA) is 100 Å². The van der Waals surface area contributed by atoms with Crippen LogP contribution in [0.25, 0.3) is 0 Å². The molecule has 18 heavy (non-hydrogen) atoms. The maximum atomic E-state index is 11.6. The first-order valence-corrected chi connectivity index (χ1v) is 5.96. The highest BCUT2D eigenvalue weighted by atomic mass is 16.3. The van der Waals surface area contributed by atoms with E-state index in [4.69, 9.17) is 5.73 Å². The molecule has 6 nitrogen and oxygen atoms in total. The second-order valence-electron chi connectivity index (χ2n) is 4.07. The summed E-state index contributed by atoms with van der Waals surface area (Å²) in [5, 5.41) is 15.0. The van der Waals surface area contributed by atoms with Crippen LogP contribution >= 0.6 is 0 Å². The number of nitrogens with two attached hydrogens (primary N) is 1. The molecule has 0 aliphatic heterocycles. The molecule has 100 valence electrons. The molecule has 0 aliphatic carbocycles. The van der Waals surface area contributed by atoms with Crippen LogP contribution in [0, 0.1) is 0 Å². The Morgan fingerprint density at radius 1 is 1.61 bits per heavy atom. The van der Waals surface area contributed by atoms with Gasteiger partial charge in [-0.25, -0.2) is 0 Å². The monoisotopic (exact) mass is 252 g/mol. The van der Waals surface area contributed by atoms with E-state index in [9.17, 15) is 9.90 Å². The molecular weight excluding hydrogens is 232 g/mol. The fraction of sp³-hybridized carbons (Fsp3) is 0.500. The lowest BCUT2D eigenvalue weighted by atomic mass is 10.2. The molecule has 5 N–H and O–H groups in total. The van der Waals surface area contributed by atoms with Crippen LogP contribution in [-0.2, 0) is 0 Å². The molecule has 0 saturated heterocycles. The Hall–Kier alpha value is -1.66. The van der Waals surface area contributed by atoms with Crippen LogP contribution in [0.5, 0.6) is 0 Å². The SMILES string of the molecule is CCNC(=O)c1cc(NCC(N)C(C)O)ccn1. The summed E-state index contributed by atoms with van der Waals surface area (Å²) in [5.41, 5.74) is 6.81. The van der Waals surface area contributed by atoms with Crippen LogP contribution in [0.15, 0.2) is 18.3 Å². The number of carbonyl (C=O) groups excluding carboxylic acids is 1. The largest absolute Gasteiger partial charge is 0.392 e. The summed E-state index contributed by atoms with van der Waals surface area (Å²) in [7, 11) is 0. The van der Waals surface area contributed by atoms with E-state index >= 15 is 0 Å². The zero-order valence-electron chi connectivity index (χ0n) is 10.7. The second-order valence-corrected chi connectivity index (χ2v) is 4.07. The lowest BCUT2D eigenvalue weighted by Gasteiger charge is -2.16. The summed E-state index contributed by atoms with van der Waals surface area (Å²) in [6.45, 7) is 4.47. The summed E-state index contributed by atoms with van der Waals surface area (Å²) < 4.78 is 0. The molecule has 1 heterocycles. The number of nitrogens with one attached hydrogen (secondary N) is 2. The maximum Gasteiger partial charge on any atom is 0.269 e. The third kappa shape index (κ3) is 4.31. The fourth-order valence-electron chi connectivity index (χ4n) is 1.32. The first kappa shape index (κ1) is 14.4. The molecule has 0 aromatic carbocycles. The number of nitrogens with zero attached hydrogens (tertiary/aromatic N) is 1. The molecule has 6 heteroatoms. The van der Waals surface area contributed by atoms with Gasteiger partial charge in [0.15, 0.2) is 0 Å². The van der Waals surface area contributed by atoms with Crippen molar-refractivity contribution >= 4 is 11.6 Å². The summed E-state index contributed by atoms with van der Waals surface area (Å²) >= 11 is 0. The third-order valence-electron chi connectivity index (χ3n) is 2.49. The summed E-state index contributed by atoms with van der Waals surface area (Å²) in [4.78, 5) is 15.6. The minimum atomic E-state index is -0.581. The molecule has 1 amide bonds. The molecule has 0 aliphatic rings. The number of aromatic nitrogens is 1. The van der Waals surface area contributed by atoms with E-state index in [1.165, 1.54) is 0 Å². The standard InChI is InChI=1S/C12H20N4O2/c1-3-14-12(18)11-6-9(4-5-15-11)16-7-10(13)8(2)17/h4-6,8,10,17H,3,7,13H2,1-2H3,(H,14,18)(H,15,16). The van der Waals surface area contributed by atoms with Gasteiger partial charge in [0.25, 0.3) is 5.91 Å². The number of rotatable bonds is 6. The predicted molar refractivity (Wildman–Crippen MR) is 70.4 cm³/mol. The Balaban J connectivity index is 2.62. The van der Waals surface area contributed by atoms with Gasteiger partial charge in [-0.2, -0.15) is 0 Å². The highest BCUT2D eigenvalue weighted by Gasteiger charge is 2.10. The van der Waals surface area contributed by atoms with Crippen molar-refractivity contribution in [2.24, 2.45) is 5.73 Å². The lowest BCUT2D eigenvalue weighted by Crippen LogP contribution is -2.38. The van der Waals surface area contributed by atoms with Crippen molar-refractivity contribution in [3.8, 4) is 0 Å². The molecule has 2 atom stereocenters. The van der Waals surface area contributed by atoms with Crippen LogP contribution in [0.1, 0.15) is 24.3 Å². The Labute approximate surface area is 107 Å². The Bertz CT molecular complexity index is 395. The van der Waals surface area contributed by atoms with Crippen LogP contribution in [0.2, 0.25) is 0 Å². The first-order chi connectivity index (χ1) is 8.54. The van der Waals surface area contributed by atoms with Gasteiger partial charge in [0.05, 0.1) is 6.10 Å². The normalized spacial score (nSPS) is 13.8. The molecule has 2 unspecified atom stereocenters. The van der Waals surface area contributed by atoms with Crippen molar-refractivity contribution in [3.05, 3.63) is 24.0 Å². The number of hydrogen-bond acceptors (Lipinski definition) is 5. The predicted octanol–water partition coefficient (Wildman–Crippen LogP) is -0.0487. The molecule has 0 bridgehead atoms. The molecule has 0 radical (unpaired) electrons. The number of carbonyl (C=O) groups is 1. The third-order valence-corrected chi connectivity index (χ3v) is 2.49. The Kier molecular flexibility index (Phi) is 5.54. The van der Waals surface area contributed by atoms with Crippen molar-refractivity contribution in [2.45, 2.75) is 26.0 Å². The molecule has 0 spiro atoms. The van der Waals surface area contributed by atoms with Crippen LogP contribution in [-0.4, -0.2) is 41.2 Å². The van der Waals surface area contributed by atoms with Crippen molar-refractivity contribution in [1.29, 1.82) is 0 Å². The van der Waals surface area contributed by atoms with Gasteiger partial charge in [-0.05, 0) is 26.0 Å². The van der Waals surface area contributed by atoms with E-state index in [-0.39, 0.29) is 11.9 Å². The maximum absolute atomic E-state index is 11.6. The zero-order chi connectivity index (χ0) is 13.5. The fourth-order valence-corrected chi connectivity index (χ4v) is 1.32. The van der Waals surface area contributed by atoms with Crippen molar-refractivity contribution in [1.82, 2.24) is 10.3 Å². The number of aliphatic hydroxyl groups excluding tert-OH is 1. The second kappa shape index (κ2) is 6.93. The van der Waals surface area contributed by atoms with E-state index in [0.29, 0.717) is 18.8 Å². The van der Waals surface area contributed by atoms with Gasteiger partial charge >= 0.3 is 0 Å². The van der Waals surface area contributed by atoms with Gasteiger partial charge < -0.3 is 21.5 Å². The van der Waals surface area contributed by atoms with Crippen LogP contribution in [0.3, 0.4) is 0 Å². The molecule has 0 saturated carbocycles. The van der Waals surface area contributed by atoms with Gasteiger partial charge in [-0.15, -0.1) is 0 Å². The van der Waals surface area contributed by atoms with Crippen molar-refractivity contribution < 1.29 is 9.90 Å². The van der Waals surface area contributed by atoms with E-state index in [0.717, 1.165) is 5.69 Å². The minimum absolute atomic E-state index is 0.207. The number of anilines is 1. The number of aliphatic hydroxyl groups is 1. The number of hydrogen-bond donors (Lipinski definition) is 4. The van der Waals surface area contributed by atoms with E-state index < -0.39 is 6.10 Å². The van der Waals surface area contributed by atoms with E-state index in [1.54, 1.807) is 25.3 Å².